The molecular weight excluding hydrogens is 372 g/mol. The van der Waals surface area contributed by atoms with E-state index in [9.17, 15) is 5.11 Å². The molecule has 114 valence electrons. The van der Waals surface area contributed by atoms with Crippen molar-refractivity contribution in [2.75, 3.05) is 0 Å². The summed E-state index contributed by atoms with van der Waals surface area (Å²) in [7, 11) is 0. The van der Waals surface area contributed by atoms with Gasteiger partial charge in [0.15, 0.2) is 0 Å². The minimum absolute atomic E-state index is 0.215. The zero-order chi connectivity index (χ0) is 15.6. The first-order valence-electron chi connectivity index (χ1n) is 6.41. The Balaban J connectivity index is 1.94. The predicted molar refractivity (Wildman–Crippen MR) is 83.1 cm³/mol. The molecule has 1 atom stereocenters. The number of hydrogen-bond acceptors (Lipinski definition) is 5. The SMILES string of the molecule is OC(Cn1cncn1)(Cn1cnc(Br)n1)c1ccc(Cl)cc1. The number of rotatable bonds is 5. The van der Waals surface area contributed by atoms with Gasteiger partial charge in [-0.05, 0) is 33.6 Å². The summed E-state index contributed by atoms with van der Waals surface area (Å²) >= 11 is 9.12. The summed E-state index contributed by atoms with van der Waals surface area (Å²) in [6.07, 6.45) is 4.53. The highest BCUT2D eigenvalue weighted by Crippen LogP contribution is 2.26. The van der Waals surface area contributed by atoms with Gasteiger partial charge in [0.2, 0.25) is 4.73 Å². The van der Waals surface area contributed by atoms with E-state index >= 15 is 0 Å². The van der Waals surface area contributed by atoms with Crippen LogP contribution in [0.15, 0.2) is 48.0 Å². The fourth-order valence-electron chi connectivity index (χ4n) is 2.19. The Hall–Kier alpha value is -1.77. The molecule has 0 fully saturated rings. The van der Waals surface area contributed by atoms with Crippen molar-refractivity contribution in [2.24, 2.45) is 0 Å². The molecule has 0 aliphatic rings. The van der Waals surface area contributed by atoms with E-state index in [1.54, 1.807) is 46.3 Å². The molecule has 1 aromatic carbocycles. The monoisotopic (exact) mass is 382 g/mol. The van der Waals surface area contributed by atoms with Crippen molar-refractivity contribution in [3.63, 3.8) is 0 Å². The molecule has 7 nitrogen and oxygen atoms in total. The lowest BCUT2D eigenvalue weighted by molar-refractivity contribution is -0.00547. The van der Waals surface area contributed by atoms with Crippen molar-refractivity contribution < 1.29 is 5.11 Å². The lowest BCUT2D eigenvalue weighted by Crippen LogP contribution is -2.36. The van der Waals surface area contributed by atoms with E-state index in [0.717, 1.165) is 0 Å². The van der Waals surface area contributed by atoms with Crippen molar-refractivity contribution in [3.8, 4) is 0 Å². The second-order valence-electron chi connectivity index (χ2n) is 4.84. The highest BCUT2D eigenvalue weighted by molar-refractivity contribution is 9.10. The van der Waals surface area contributed by atoms with Gasteiger partial charge in [-0.15, -0.1) is 5.10 Å². The Bertz CT molecular complexity index is 744. The Morgan fingerprint density at radius 2 is 1.86 bits per heavy atom. The fourth-order valence-corrected chi connectivity index (χ4v) is 2.61. The van der Waals surface area contributed by atoms with E-state index in [-0.39, 0.29) is 13.1 Å². The summed E-state index contributed by atoms with van der Waals surface area (Å²) < 4.78 is 3.60. The van der Waals surface area contributed by atoms with Gasteiger partial charge in [-0.2, -0.15) is 5.10 Å². The van der Waals surface area contributed by atoms with Crippen LogP contribution in [0, 0.1) is 0 Å². The molecule has 2 aromatic heterocycles. The Morgan fingerprint density at radius 3 is 2.45 bits per heavy atom. The molecule has 0 aliphatic carbocycles. The lowest BCUT2D eigenvalue weighted by atomic mass is 9.93. The molecule has 1 unspecified atom stereocenters. The molecule has 0 spiro atoms. The molecule has 1 N–H and O–H groups in total. The molecule has 0 aliphatic heterocycles. The second-order valence-corrected chi connectivity index (χ2v) is 5.99. The van der Waals surface area contributed by atoms with Crippen LogP contribution in [-0.2, 0) is 18.7 Å². The predicted octanol–water partition coefficient (Wildman–Crippen LogP) is 1.87. The van der Waals surface area contributed by atoms with Gasteiger partial charge in [0.25, 0.3) is 0 Å². The zero-order valence-electron chi connectivity index (χ0n) is 11.3. The summed E-state index contributed by atoms with van der Waals surface area (Å²) in [4.78, 5) is 7.91. The third-order valence-electron chi connectivity index (χ3n) is 3.20. The van der Waals surface area contributed by atoms with Crippen molar-refractivity contribution in [1.82, 2.24) is 29.5 Å². The van der Waals surface area contributed by atoms with Crippen LogP contribution in [0.25, 0.3) is 0 Å². The van der Waals surface area contributed by atoms with Crippen molar-refractivity contribution in [2.45, 2.75) is 18.7 Å². The van der Waals surface area contributed by atoms with Crippen LogP contribution < -0.4 is 0 Å². The highest BCUT2D eigenvalue weighted by atomic mass is 79.9. The Kier molecular flexibility index (Phi) is 4.23. The van der Waals surface area contributed by atoms with Crippen LogP contribution in [-0.4, -0.2) is 34.6 Å². The van der Waals surface area contributed by atoms with Gasteiger partial charge < -0.3 is 5.11 Å². The summed E-state index contributed by atoms with van der Waals surface area (Å²) in [5.74, 6) is 0. The fraction of sp³-hybridized carbons (Fsp3) is 0.231. The highest BCUT2D eigenvalue weighted by Gasteiger charge is 2.31. The molecule has 22 heavy (non-hydrogen) atoms. The second kappa shape index (κ2) is 6.15. The van der Waals surface area contributed by atoms with Crippen LogP contribution >= 0.6 is 27.5 Å². The number of benzene rings is 1. The van der Waals surface area contributed by atoms with Crippen molar-refractivity contribution in [1.29, 1.82) is 0 Å². The maximum atomic E-state index is 11.2. The van der Waals surface area contributed by atoms with E-state index in [0.29, 0.717) is 15.3 Å². The van der Waals surface area contributed by atoms with Crippen LogP contribution in [0.3, 0.4) is 0 Å². The molecule has 0 radical (unpaired) electrons. The maximum absolute atomic E-state index is 11.2. The third kappa shape index (κ3) is 3.34. The molecule has 0 saturated carbocycles. The van der Waals surface area contributed by atoms with E-state index in [1.165, 1.54) is 6.33 Å². The average Bonchev–Trinajstić information content (AvgIpc) is 3.11. The van der Waals surface area contributed by atoms with Gasteiger partial charge in [0.05, 0.1) is 13.1 Å². The van der Waals surface area contributed by atoms with Gasteiger partial charge in [0.1, 0.15) is 24.6 Å². The van der Waals surface area contributed by atoms with Gasteiger partial charge in [-0.3, -0.25) is 0 Å². The normalized spacial score (nSPS) is 14.0. The van der Waals surface area contributed by atoms with Gasteiger partial charge in [-0.25, -0.2) is 19.3 Å². The van der Waals surface area contributed by atoms with Gasteiger partial charge >= 0.3 is 0 Å². The largest absolute Gasteiger partial charge is 0.381 e. The summed E-state index contributed by atoms with van der Waals surface area (Å²) in [6.45, 7) is 0.444. The molecule has 3 aromatic rings. The third-order valence-corrected chi connectivity index (χ3v) is 3.82. The molecular formula is C13H12BrClN6O. The molecule has 0 bridgehead atoms. The lowest BCUT2D eigenvalue weighted by Gasteiger charge is -2.28. The van der Waals surface area contributed by atoms with Crippen molar-refractivity contribution in [3.05, 3.63) is 58.6 Å². The smallest absolute Gasteiger partial charge is 0.217 e. The maximum Gasteiger partial charge on any atom is 0.217 e. The number of nitrogens with zero attached hydrogens (tertiary/aromatic N) is 6. The first-order chi connectivity index (χ1) is 10.5. The van der Waals surface area contributed by atoms with E-state index in [1.807, 2.05) is 0 Å². The standard InChI is InChI=1S/C13H12BrClN6O/c14-12-17-9-21(19-12)6-13(22,5-20-8-16-7-18-20)10-1-3-11(15)4-2-10/h1-4,7-9,22H,5-6H2. The molecule has 9 heteroatoms. The van der Waals surface area contributed by atoms with E-state index in [2.05, 4.69) is 36.1 Å². The first-order valence-corrected chi connectivity index (χ1v) is 7.58. The number of hydrogen-bond donors (Lipinski definition) is 1. The van der Waals surface area contributed by atoms with Crippen LogP contribution in [0.4, 0.5) is 0 Å². The number of aromatic nitrogens is 6. The summed E-state index contributed by atoms with van der Waals surface area (Å²) in [5.41, 5.74) is -0.523. The summed E-state index contributed by atoms with van der Waals surface area (Å²) in [5, 5.41) is 20.0. The average molecular weight is 384 g/mol. The first kappa shape index (κ1) is 15.1. The molecule has 0 amide bonds. The number of halogens is 2. The van der Waals surface area contributed by atoms with Crippen LogP contribution in [0.5, 0.6) is 0 Å². The Morgan fingerprint density at radius 1 is 1.14 bits per heavy atom. The van der Waals surface area contributed by atoms with Crippen LogP contribution in [0.1, 0.15) is 5.56 Å². The molecule has 2 heterocycles. The molecule has 3 rings (SSSR count). The minimum Gasteiger partial charge on any atom is -0.381 e. The van der Waals surface area contributed by atoms with E-state index < -0.39 is 5.60 Å². The van der Waals surface area contributed by atoms with Gasteiger partial charge in [0, 0.05) is 5.02 Å². The minimum atomic E-state index is -1.23. The summed E-state index contributed by atoms with van der Waals surface area (Å²) in [6, 6.07) is 7.04. The van der Waals surface area contributed by atoms with Crippen molar-refractivity contribution >= 4 is 27.5 Å². The zero-order valence-corrected chi connectivity index (χ0v) is 13.7. The van der Waals surface area contributed by atoms with Gasteiger partial charge in [-0.1, -0.05) is 23.7 Å². The number of aliphatic hydroxyl groups is 1. The molecule has 0 saturated heterocycles. The van der Waals surface area contributed by atoms with Crippen LogP contribution in [0.2, 0.25) is 5.02 Å². The topological polar surface area (TPSA) is 81.6 Å². The Labute approximate surface area is 139 Å². The van der Waals surface area contributed by atoms with E-state index in [4.69, 9.17) is 11.6 Å². The quantitative estimate of drug-likeness (QED) is 0.727.